The lowest BCUT2D eigenvalue weighted by Crippen LogP contribution is -2.14. The molecule has 0 N–H and O–H groups in total. The number of methoxy groups -OCH3 is 2. The van der Waals surface area contributed by atoms with Gasteiger partial charge in [0.25, 0.3) is 0 Å². The molecule has 1 rings (SSSR count). The zero-order valence-electron chi connectivity index (χ0n) is 8.98. The van der Waals surface area contributed by atoms with Gasteiger partial charge in [0.1, 0.15) is 11.3 Å². The first-order valence-corrected chi connectivity index (χ1v) is 4.47. The van der Waals surface area contributed by atoms with Crippen molar-refractivity contribution in [1.82, 2.24) is 0 Å². The molecule has 5 heteroatoms. The average Bonchev–Trinajstić information content (AvgIpc) is 2.35. The van der Waals surface area contributed by atoms with Crippen LogP contribution in [0.1, 0.15) is 10.4 Å². The van der Waals surface area contributed by atoms with E-state index in [1.165, 1.54) is 26.4 Å². The highest BCUT2D eigenvalue weighted by atomic mass is 16.6. The number of carbonyl (C=O) groups excluding carboxylic acids is 2. The summed E-state index contributed by atoms with van der Waals surface area (Å²) in [4.78, 5) is 22.2. The fraction of sp³-hybridized carbons (Fsp3) is 0.273. The molecule has 16 heavy (non-hydrogen) atoms. The highest BCUT2D eigenvalue weighted by molar-refractivity contribution is 5.92. The Morgan fingerprint density at radius 1 is 1.31 bits per heavy atom. The third-order valence-electron chi connectivity index (χ3n) is 1.80. The minimum Gasteiger partial charge on any atom is -0.481 e. The second-order valence-electron chi connectivity index (χ2n) is 2.78. The van der Waals surface area contributed by atoms with Crippen LogP contribution in [0.5, 0.6) is 5.75 Å². The molecule has 0 spiro atoms. The molecule has 0 aliphatic heterocycles. The Morgan fingerprint density at radius 2 is 2.06 bits per heavy atom. The van der Waals surface area contributed by atoms with Gasteiger partial charge in [-0.3, -0.25) is 0 Å². The zero-order chi connectivity index (χ0) is 12.0. The first-order chi connectivity index (χ1) is 7.69. The molecular weight excluding hydrogens is 212 g/mol. The summed E-state index contributed by atoms with van der Waals surface area (Å²) >= 11 is 0. The van der Waals surface area contributed by atoms with Crippen LogP contribution in [0.25, 0.3) is 0 Å². The van der Waals surface area contributed by atoms with Crippen molar-refractivity contribution in [2.75, 3.05) is 20.8 Å². The summed E-state index contributed by atoms with van der Waals surface area (Å²) in [6, 6.07) is 7.24. The molecular formula is C11H11O5. The minimum absolute atomic E-state index is 0.217. The third kappa shape index (κ3) is 2.98. The molecule has 5 nitrogen and oxygen atoms in total. The molecule has 0 atom stereocenters. The van der Waals surface area contributed by atoms with Crippen molar-refractivity contribution in [2.24, 2.45) is 0 Å². The van der Waals surface area contributed by atoms with E-state index < -0.39 is 11.9 Å². The molecule has 0 aliphatic rings. The lowest BCUT2D eigenvalue weighted by atomic mass is 10.2. The van der Waals surface area contributed by atoms with Crippen molar-refractivity contribution < 1.29 is 23.8 Å². The second kappa shape index (κ2) is 5.75. The lowest BCUT2D eigenvalue weighted by molar-refractivity contribution is -0.142. The molecule has 1 aromatic rings. The molecule has 0 amide bonds. The van der Waals surface area contributed by atoms with E-state index in [4.69, 9.17) is 4.74 Å². The highest BCUT2D eigenvalue weighted by Crippen LogP contribution is 2.18. The molecule has 0 saturated heterocycles. The summed E-state index contributed by atoms with van der Waals surface area (Å²) in [5, 5.41) is 0. The van der Waals surface area contributed by atoms with E-state index in [2.05, 4.69) is 15.5 Å². The standard InChI is InChI=1S/C11H11O5/c1-14-10(12)7-16-9-6-4-3-5-8(9)11(13)15-2/h4-6H,7H2,1-2H3. The van der Waals surface area contributed by atoms with Crippen LogP contribution in [-0.4, -0.2) is 32.8 Å². The van der Waals surface area contributed by atoms with Gasteiger partial charge in [0.05, 0.1) is 14.2 Å². The quantitative estimate of drug-likeness (QED) is 0.707. The van der Waals surface area contributed by atoms with Crippen molar-refractivity contribution in [2.45, 2.75) is 0 Å². The Labute approximate surface area is 92.9 Å². The van der Waals surface area contributed by atoms with Gasteiger partial charge in [-0.05, 0) is 18.2 Å². The zero-order valence-corrected chi connectivity index (χ0v) is 8.98. The van der Waals surface area contributed by atoms with E-state index in [0.29, 0.717) is 0 Å². The summed E-state index contributed by atoms with van der Waals surface area (Å²) < 4.78 is 14.1. The predicted molar refractivity (Wildman–Crippen MR) is 54.1 cm³/mol. The van der Waals surface area contributed by atoms with E-state index in [-0.39, 0.29) is 17.9 Å². The number of hydrogen-bond acceptors (Lipinski definition) is 5. The number of benzene rings is 1. The molecule has 0 fully saturated rings. The molecule has 0 aromatic heterocycles. The molecule has 0 heterocycles. The maximum Gasteiger partial charge on any atom is 0.343 e. The van der Waals surface area contributed by atoms with E-state index >= 15 is 0 Å². The Bertz CT molecular complexity index is 386. The van der Waals surface area contributed by atoms with Gasteiger partial charge in [-0.25, -0.2) is 9.59 Å². The summed E-state index contributed by atoms with van der Waals surface area (Å²) in [6.45, 7) is -0.259. The van der Waals surface area contributed by atoms with Crippen LogP contribution in [0, 0.1) is 6.07 Å². The van der Waals surface area contributed by atoms with Gasteiger partial charge in [0.15, 0.2) is 6.61 Å². The Hall–Kier alpha value is -2.04. The molecule has 0 saturated carbocycles. The van der Waals surface area contributed by atoms with Gasteiger partial charge < -0.3 is 14.2 Å². The first kappa shape index (κ1) is 12.0. The van der Waals surface area contributed by atoms with E-state index in [1.807, 2.05) is 0 Å². The second-order valence-corrected chi connectivity index (χ2v) is 2.78. The minimum atomic E-state index is -0.545. The maximum atomic E-state index is 11.3. The highest BCUT2D eigenvalue weighted by Gasteiger charge is 2.13. The Morgan fingerprint density at radius 3 is 2.69 bits per heavy atom. The molecule has 85 valence electrons. The van der Waals surface area contributed by atoms with Crippen molar-refractivity contribution in [3.63, 3.8) is 0 Å². The molecule has 1 aromatic carbocycles. The Kier molecular flexibility index (Phi) is 4.32. The summed E-state index contributed by atoms with van der Waals surface area (Å²) in [7, 11) is 2.52. The summed E-state index contributed by atoms with van der Waals surface area (Å²) in [5.41, 5.74) is 0.217. The number of hydrogen-bond donors (Lipinski definition) is 0. The van der Waals surface area contributed by atoms with Gasteiger partial charge in [-0.1, -0.05) is 6.07 Å². The van der Waals surface area contributed by atoms with Crippen LogP contribution >= 0.6 is 0 Å². The summed E-state index contributed by atoms with van der Waals surface area (Å²) in [5.74, 6) is -0.809. The fourth-order valence-electron chi connectivity index (χ4n) is 1.01. The van der Waals surface area contributed by atoms with Gasteiger partial charge in [0, 0.05) is 0 Å². The van der Waals surface area contributed by atoms with Gasteiger partial charge in [-0.15, -0.1) is 0 Å². The van der Waals surface area contributed by atoms with Gasteiger partial charge in [0.2, 0.25) is 0 Å². The van der Waals surface area contributed by atoms with Crippen LogP contribution in [-0.2, 0) is 14.3 Å². The Balaban J connectivity index is 2.79. The van der Waals surface area contributed by atoms with Crippen molar-refractivity contribution >= 4 is 11.9 Å². The van der Waals surface area contributed by atoms with Crippen molar-refractivity contribution in [3.8, 4) is 5.75 Å². The van der Waals surface area contributed by atoms with Crippen LogP contribution in [0.2, 0.25) is 0 Å². The fourth-order valence-corrected chi connectivity index (χ4v) is 1.01. The lowest BCUT2D eigenvalue weighted by Gasteiger charge is -2.08. The topological polar surface area (TPSA) is 61.8 Å². The third-order valence-corrected chi connectivity index (χ3v) is 1.80. The average molecular weight is 223 g/mol. The number of rotatable bonds is 4. The largest absolute Gasteiger partial charge is 0.481 e. The number of ether oxygens (including phenoxy) is 3. The monoisotopic (exact) mass is 223 g/mol. The first-order valence-electron chi connectivity index (χ1n) is 4.47. The maximum absolute atomic E-state index is 11.3. The van der Waals surface area contributed by atoms with Crippen LogP contribution in [0.4, 0.5) is 0 Å². The van der Waals surface area contributed by atoms with Crippen LogP contribution in [0.15, 0.2) is 18.2 Å². The van der Waals surface area contributed by atoms with Crippen molar-refractivity contribution in [1.29, 1.82) is 0 Å². The molecule has 0 aliphatic carbocycles. The predicted octanol–water partition coefficient (Wildman–Crippen LogP) is 0.825. The van der Waals surface area contributed by atoms with Crippen LogP contribution in [0.3, 0.4) is 0 Å². The smallest absolute Gasteiger partial charge is 0.343 e. The van der Waals surface area contributed by atoms with Gasteiger partial charge in [-0.2, -0.15) is 0 Å². The normalized spacial score (nSPS) is 9.38. The molecule has 0 bridgehead atoms. The molecule has 1 radical (unpaired) electrons. The van der Waals surface area contributed by atoms with Crippen molar-refractivity contribution in [3.05, 3.63) is 29.8 Å². The van der Waals surface area contributed by atoms with E-state index in [9.17, 15) is 9.59 Å². The van der Waals surface area contributed by atoms with Crippen LogP contribution < -0.4 is 4.74 Å². The van der Waals surface area contributed by atoms with E-state index in [0.717, 1.165) is 0 Å². The van der Waals surface area contributed by atoms with E-state index in [1.54, 1.807) is 6.07 Å². The molecule has 0 unspecified atom stereocenters. The number of carbonyl (C=O) groups is 2. The van der Waals surface area contributed by atoms with Gasteiger partial charge >= 0.3 is 11.9 Å². The SMILES string of the molecule is COC(=O)COc1cc[c]cc1C(=O)OC. The number of esters is 2. The summed E-state index contributed by atoms with van der Waals surface area (Å²) in [6.07, 6.45) is 0.